The Morgan fingerprint density at radius 2 is 2.06 bits per heavy atom. The Balaban J connectivity index is 1.60. The first kappa shape index (κ1) is 11.7. The lowest BCUT2D eigenvalue weighted by Gasteiger charge is -2.37. The molecule has 0 saturated carbocycles. The number of hydrogen-bond acceptors (Lipinski definition) is 3. The SMILES string of the molecule is CC(NC1CC2CCC(C1)N2C)c1cccs1. The molecule has 1 N–H and O–H groups in total. The van der Waals surface area contributed by atoms with Crippen molar-refractivity contribution in [2.45, 2.75) is 56.8 Å². The number of thiophene rings is 1. The zero-order chi connectivity index (χ0) is 11.8. The van der Waals surface area contributed by atoms with Crippen molar-refractivity contribution in [1.82, 2.24) is 10.2 Å². The minimum atomic E-state index is 0.516. The van der Waals surface area contributed by atoms with Gasteiger partial charge in [-0.1, -0.05) is 6.07 Å². The number of fused-ring (bicyclic) bond motifs is 2. The summed E-state index contributed by atoms with van der Waals surface area (Å²) >= 11 is 1.86. The summed E-state index contributed by atoms with van der Waals surface area (Å²) in [6.45, 7) is 2.30. The fourth-order valence-electron chi connectivity index (χ4n) is 3.52. The van der Waals surface area contributed by atoms with Crippen molar-refractivity contribution < 1.29 is 0 Å². The van der Waals surface area contributed by atoms with Gasteiger partial charge in [-0.3, -0.25) is 0 Å². The van der Waals surface area contributed by atoms with Crippen LogP contribution in [0.5, 0.6) is 0 Å². The third kappa shape index (κ3) is 2.28. The maximum Gasteiger partial charge on any atom is 0.0388 e. The standard InChI is InChI=1S/C14H22N2S/c1-10(14-4-3-7-17-14)15-11-8-12-5-6-13(9-11)16(12)2/h3-4,7,10-13,15H,5-6,8-9H2,1-2H3. The fourth-order valence-corrected chi connectivity index (χ4v) is 4.26. The van der Waals surface area contributed by atoms with E-state index in [2.05, 4.69) is 41.7 Å². The minimum Gasteiger partial charge on any atom is -0.307 e. The van der Waals surface area contributed by atoms with E-state index in [0.717, 1.165) is 18.1 Å². The van der Waals surface area contributed by atoms with Crippen LogP contribution >= 0.6 is 11.3 Å². The lowest BCUT2D eigenvalue weighted by molar-refractivity contribution is 0.144. The number of nitrogens with zero attached hydrogens (tertiary/aromatic N) is 1. The van der Waals surface area contributed by atoms with Crippen LogP contribution in [0.15, 0.2) is 17.5 Å². The summed E-state index contributed by atoms with van der Waals surface area (Å²) in [7, 11) is 2.31. The molecule has 0 aromatic carbocycles. The first-order valence-electron chi connectivity index (χ1n) is 6.75. The molecule has 2 fully saturated rings. The summed E-state index contributed by atoms with van der Waals surface area (Å²) in [6, 6.07) is 7.30. The molecule has 3 rings (SSSR count). The molecular formula is C14H22N2S. The molecule has 17 heavy (non-hydrogen) atoms. The summed E-state index contributed by atoms with van der Waals surface area (Å²) < 4.78 is 0. The monoisotopic (exact) mass is 250 g/mol. The molecule has 0 aliphatic carbocycles. The molecule has 3 heteroatoms. The Bertz CT molecular complexity index is 348. The quantitative estimate of drug-likeness (QED) is 0.887. The Morgan fingerprint density at radius 1 is 1.35 bits per heavy atom. The van der Waals surface area contributed by atoms with Crippen molar-refractivity contribution in [2.24, 2.45) is 0 Å². The van der Waals surface area contributed by atoms with Crippen LogP contribution in [0.4, 0.5) is 0 Å². The average Bonchev–Trinajstić information content (AvgIpc) is 2.88. The fraction of sp³-hybridized carbons (Fsp3) is 0.714. The van der Waals surface area contributed by atoms with Crippen molar-refractivity contribution in [3.8, 4) is 0 Å². The lowest BCUT2D eigenvalue weighted by Crippen LogP contribution is -2.47. The van der Waals surface area contributed by atoms with Gasteiger partial charge in [0.1, 0.15) is 0 Å². The summed E-state index contributed by atoms with van der Waals surface area (Å²) in [6.07, 6.45) is 5.49. The number of piperidine rings is 1. The zero-order valence-electron chi connectivity index (χ0n) is 10.7. The van der Waals surface area contributed by atoms with E-state index in [1.165, 1.54) is 30.6 Å². The van der Waals surface area contributed by atoms with Crippen LogP contribution in [0.2, 0.25) is 0 Å². The molecule has 2 aliphatic heterocycles. The van der Waals surface area contributed by atoms with Crippen molar-refractivity contribution in [1.29, 1.82) is 0 Å². The van der Waals surface area contributed by atoms with E-state index in [1.807, 2.05) is 11.3 Å². The Labute approximate surface area is 108 Å². The van der Waals surface area contributed by atoms with Gasteiger partial charge >= 0.3 is 0 Å². The predicted molar refractivity (Wildman–Crippen MR) is 73.5 cm³/mol. The molecule has 0 amide bonds. The molecule has 2 nitrogen and oxygen atoms in total. The van der Waals surface area contributed by atoms with Crippen molar-refractivity contribution in [3.05, 3.63) is 22.4 Å². The van der Waals surface area contributed by atoms with Gasteiger partial charge in [0.15, 0.2) is 0 Å². The second-order valence-electron chi connectivity index (χ2n) is 5.62. The van der Waals surface area contributed by atoms with E-state index in [9.17, 15) is 0 Å². The topological polar surface area (TPSA) is 15.3 Å². The molecule has 0 spiro atoms. The van der Waals surface area contributed by atoms with Crippen LogP contribution in [0, 0.1) is 0 Å². The molecule has 0 radical (unpaired) electrons. The van der Waals surface area contributed by atoms with Gasteiger partial charge in [-0.15, -0.1) is 11.3 Å². The highest BCUT2D eigenvalue weighted by molar-refractivity contribution is 7.10. The van der Waals surface area contributed by atoms with Crippen molar-refractivity contribution >= 4 is 11.3 Å². The van der Waals surface area contributed by atoms with Gasteiger partial charge in [0, 0.05) is 29.0 Å². The van der Waals surface area contributed by atoms with Gasteiger partial charge in [-0.2, -0.15) is 0 Å². The third-order valence-electron chi connectivity index (χ3n) is 4.55. The zero-order valence-corrected chi connectivity index (χ0v) is 11.5. The maximum atomic E-state index is 3.83. The second kappa shape index (κ2) is 4.71. The summed E-state index contributed by atoms with van der Waals surface area (Å²) in [5.74, 6) is 0. The normalized spacial score (nSPS) is 35.1. The van der Waals surface area contributed by atoms with E-state index < -0.39 is 0 Å². The van der Waals surface area contributed by atoms with E-state index >= 15 is 0 Å². The van der Waals surface area contributed by atoms with Gasteiger partial charge in [-0.25, -0.2) is 0 Å². The molecule has 1 aromatic rings. The van der Waals surface area contributed by atoms with E-state index in [1.54, 1.807) is 0 Å². The van der Waals surface area contributed by atoms with Crippen LogP contribution in [0.1, 0.15) is 43.5 Å². The molecule has 2 aliphatic rings. The highest BCUT2D eigenvalue weighted by Gasteiger charge is 2.38. The second-order valence-corrected chi connectivity index (χ2v) is 6.60. The predicted octanol–water partition coefficient (Wildman–Crippen LogP) is 3.02. The number of hydrogen-bond donors (Lipinski definition) is 1. The molecular weight excluding hydrogens is 228 g/mol. The molecule has 1 aromatic heterocycles. The summed E-state index contributed by atoms with van der Waals surface area (Å²) in [5.41, 5.74) is 0. The number of nitrogens with one attached hydrogen (secondary N) is 1. The first-order valence-corrected chi connectivity index (χ1v) is 7.63. The van der Waals surface area contributed by atoms with Gasteiger partial charge in [0.05, 0.1) is 0 Å². The van der Waals surface area contributed by atoms with Crippen LogP contribution in [-0.4, -0.2) is 30.1 Å². The Kier molecular flexibility index (Phi) is 3.24. The largest absolute Gasteiger partial charge is 0.307 e. The van der Waals surface area contributed by atoms with Gasteiger partial charge in [0.25, 0.3) is 0 Å². The Morgan fingerprint density at radius 3 is 2.65 bits per heavy atom. The molecule has 3 heterocycles. The van der Waals surface area contributed by atoms with Crippen molar-refractivity contribution in [3.63, 3.8) is 0 Å². The highest BCUT2D eigenvalue weighted by atomic mass is 32.1. The Hall–Kier alpha value is -0.380. The number of rotatable bonds is 3. The minimum absolute atomic E-state index is 0.516. The molecule has 2 bridgehead atoms. The van der Waals surface area contributed by atoms with E-state index in [0.29, 0.717) is 6.04 Å². The average molecular weight is 250 g/mol. The molecule has 3 atom stereocenters. The molecule has 3 unspecified atom stereocenters. The maximum absolute atomic E-state index is 3.83. The van der Waals surface area contributed by atoms with Crippen molar-refractivity contribution in [2.75, 3.05) is 7.05 Å². The van der Waals surface area contributed by atoms with Gasteiger partial charge < -0.3 is 10.2 Å². The van der Waals surface area contributed by atoms with Crippen LogP contribution < -0.4 is 5.32 Å². The summed E-state index contributed by atoms with van der Waals surface area (Å²) in [5, 5.41) is 6.00. The molecule has 94 valence electrons. The lowest BCUT2D eigenvalue weighted by atomic mass is 9.97. The first-order chi connectivity index (χ1) is 8.24. The van der Waals surface area contributed by atoms with Gasteiger partial charge in [0.2, 0.25) is 0 Å². The van der Waals surface area contributed by atoms with Crippen LogP contribution in [0.3, 0.4) is 0 Å². The van der Waals surface area contributed by atoms with E-state index in [-0.39, 0.29) is 0 Å². The van der Waals surface area contributed by atoms with Crippen LogP contribution in [0.25, 0.3) is 0 Å². The smallest absolute Gasteiger partial charge is 0.0388 e. The summed E-state index contributed by atoms with van der Waals surface area (Å²) in [4.78, 5) is 4.07. The highest BCUT2D eigenvalue weighted by Crippen LogP contribution is 2.35. The van der Waals surface area contributed by atoms with Crippen LogP contribution in [-0.2, 0) is 0 Å². The van der Waals surface area contributed by atoms with Gasteiger partial charge in [-0.05, 0) is 51.1 Å². The van der Waals surface area contributed by atoms with E-state index in [4.69, 9.17) is 0 Å². The molecule has 2 saturated heterocycles. The third-order valence-corrected chi connectivity index (χ3v) is 5.61.